The maximum Gasteiger partial charge on any atom is 0.0215 e. The highest BCUT2D eigenvalue weighted by Crippen LogP contribution is 2.19. The summed E-state index contributed by atoms with van der Waals surface area (Å²) in [7, 11) is 0. The Kier molecular flexibility index (Phi) is 6.45. The second kappa shape index (κ2) is 7.41. The Hall–Kier alpha value is 0.110. The molecular weight excluding hydrogens is 196 g/mol. The minimum absolute atomic E-state index is 0.0619. The van der Waals surface area contributed by atoms with Gasteiger partial charge in [-0.05, 0) is 12.8 Å². The second-order valence-electron chi connectivity index (χ2n) is 4.29. The zero-order valence-electron chi connectivity index (χ0n) is 8.87. The largest absolute Gasteiger partial charge is 0.772 e. The molecule has 84 valence electrons. The van der Waals surface area contributed by atoms with Gasteiger partial charge in [0, 0.05) is 5.25 Å². The van der Waals surface area contributed by atoms with Gasteiger partial charge in [0.2, 0.25) is 0 Å². The van der Waals surface area contributed by atoms with E-state index in [2.05, 4.69) is 0 Å². The molecule has 1 unspecified atom stereocenters. The molecule has 0 aliphatic heterocycles. The van der Waals surface area contributed by atoms with Gasteiger partial charge in [0.05, 0.1) is 0 Å². The zero-order valence-corrected chi connectivity index (χ0v) is 9.69. The summed E-state index contributed by atoms with van der Waals surface area (Å²) in [5.41, 5.74) is 0. The second-order valence-corrected chi connectivity index (χ2v) is 5.48. The SMILES string of the molecule is O=S([O-])C1CCCCCCCCCC1. The smallest absolute Gasteiger partial charge is 0.0215 e. The molecule has 0 aromatic rings. The fraction of sp³-hybridized carbons (Fsp3) is 1.00. The monoisotopic (exact) mass is 217 g/mol. The van der Waals surface area contributed by atoms with Crippen molar-refractivity contribution < 1.29 is 8.76 Å². The highest BCUT2D eigenvalue weighted by Gasteiger charge is 2.09. The summed E-state index contributed by atoms with van der Waals surface area (Å²) in [4.78, 5) is 0. The van der Waals surface area contributed by atoms with E-state index >= 15 is 0 Å². The molecule has 14 heavy (non-hydrogen) atoms. The molecule has 0 amide bonds. The zero-order chi connectivity index (χ0) is 10.2. The van der Waals surface area contributed by atoms with Crippen molar-refractivity contribution in [3.8, 4) is 0 Å². The molecular formula is C11H21O2S-. The van der Waals surface area contributed by atoms with Crippen LogP contribution in [0.1, 0.15) is 64.2 Å². The molecule has 2 nitrogen and oxygen atoms in total. The van der Waals surface area contributed by atoms with Gasteiger partial charge in [0.15, 0.2) is 0 Å². The van der Waals surface area contributed by atoms with E-state index in [1.807, 2.05) is 0 Å². The van der Waals surface area contributed by atoms with Crippen LogP contribution in [-0.2, 0) is 11.1 Å². The predicted molar refractivity (Wildman–Crippen MR) is 58.9 cm³/mol. The number of rotatable bonds is 1. The van der Waals surface area contributed by atoms with Crippen LogP contribution in [0.25, 0.3) is 0 Å². The van der Waals surface area contributed by atoms with Crippen LogP contribution in [0.3, 0.4) is 0 Å². The molecule has 0 bridgehead atoms. The molecule has 3 heteroatoms. The third-order valence-corrected chi connectivity index (χ3v) is 4.09. The van der Waals surface area contributed by atoms with Crippen molar-refractivity contribution in [2.75, 3.05) is 0 Å². The van der Waals surface area contributed by atoms with Crippen LogP contribution in [0.2, 0.25) is 0 Å². The lowest BCUT2D eigenvalue weighted by atomic mass is 10.1. The molecule has 1 aliphatic rings. The van der Waals surface area contributed by atoms with E-state index in [0.717, 1.165) is 25.7 Å². The lowest BCUT2D eigenvalue weighted by Crippen LogP contribution is -2.14. The third kappa shape index (κ3) is 5.11. The summed E-state index contributed by atoms with van der Waals surface area (Å²) in [6.07, 6.45) is 11.7. The van der Waals surface area contributed by atoms with Gasteiger partial charge in [0.1, 0.15) is 0 Å². The molecule has 0 spiro atoms. The van der Waals surface area contributed by atoms with Gasteiger partial charge >= 0.3 is 0 Å². The molecule has 0 radical (unpaired) electrons. The van der Waals surface area contributed by atoms with Gasteiger partial charge < -0.3 is 4.55 Å². The first-order valence-corrected chi connectivity index (χ1v) is 7.02. The van der Waals surface area contributed by atoms with Crippen LogP contribution in [0.4, 0.5) is 0 Å². The summed E-state index contributed by atoms with van der Waals surface area (Å²) < 4.78 is 21.8. The molecule has 0 aromatic carbocycles. The van der Waals surface area contributed by atoms with Crippen LogP contribution in [-0.4, -0.2) is 14.0 Å². The van der Waals surface area contributed by atoms with Crippen molar-refractivity contribution in [2.45, 2.75) is 69.5 Å². The lowest BCUT2D eigenvalue weighted by Gasteiger charge is -2.19. The van der Waals surface area contributed by atoms with E-state index in [4.69, 9.17) is 0 Å². The Morgan fingerprint density at radius 1 is 0.786 bits per heavy atom. The van der Waals surface area contributed by atoms with Gasteiger partial charge in [-0.2, -0.15) is 0 Å². The van der Waals surface area contributed by atoms with Crippen molar-refractivity contribution in [1.82, 2.24) is 0 Å². The summed E-state index contributed by atoms with van der Waals surface area (Å²) >= 11 is -1.84. The fourth-order valence-electron chi connectivity index (χ4n) is 2.14. The van der Waals surface area contributed by atoms with E-state index in [9.17, 15) is 8.76 Å². The Morgan fingerprint density at radius 2 is 1.14 bits per heavy atom. The summed E-state index contributed by atoms with van der Waals surface area (Å²) in [5.74, 6) is 0. The maximum absolute atomic E-state index is 10.9. The Labute approximate surface area is 89.8 Å². The maximum atomic E-state index is 10.9. The average Bonchev–Trinajstić information content (AvgIpc) is 2.21. The fourth-order valence-corrected chi connectivity index (χ4v) is 2.86. The van der Waals surface area contributed by atoms with Crippen LogP contribution in [0.5, 0.6) is 0 Å². The van der Waals surface area contributed by atoms with Crippen molar-refractivity contribution >= 4 is 11.1 Å². The standard InChI is InChI=1S/C11H22O2S/c12-14(13)11-9-7-5-3-1-2-4-6-8-10-11/h11H,1-10H2,(H,12,13)/p-1. The lowest BCUT2D eigenvalue weighted by molar-refractivity contribution is 0.494. The van der Waals surface area contributed by atoms with Crippen molar-refractivity contribution in [1.29, 1.82) is 0 Å². The first kappa shape index (κ1) is 12.2. The first-order chi connectivity index (χ1) is 6.80. The minimum Gasteiger partial charge on any atom is -0.772 e. The summed E-state index contributed by atoms with van der Waals surface area (Å²) in [6.45, 7) is 0. The van der Waals surface area contributed by atoms with Crippen molar-refractivity contribution in [2.24, 2.45) is 0 Å². The van der Waals surface area contributed by atoms with Crippen LogP contribution in [0, 0.1) is 0 Å². The normalized spacial score (nSPS) is 25.2. The van der Waals surface area contributed by atoms with Gasteiger partial charge in [-0.1, -0.05) is 62.4 Å². The third-order valence-electron chi connectivity index (χ3n) is 3.07. The quantitative estimate of drug-likeness (QED) is 0.633. The van der Waals surface area contributed by atoms with E-state index in [1.54, 1.807) is 0 Å². The van der Waals surface area contributed by atoms with Crippen LogP contribution >= 0.6 is 0 Å². The Balaban J connectivity index is 2.31. The van der Waals surface area contributed by atoms with Crippen LogP contribution in [0.15, 0.2) is 0 Å². The molecule has 0 N–H and O–H groups in total. The van der Waals surface area contributed by atoms with E-state index in [1.165, 1.54) is 38.5 Å². The molecule has 1 saturated carbocycles. The van der Waals surface area contributed by atoms with E-state index in [-0.39, 0.29) is 5.25 Å². The molecule has 1 atom stereocenters. The molecule has 0 heterocycles. The van der Waals surface area contributed by atoms with Gasteiger partial charge in [-0.25, -0.2) is 0 Å². The summed E-state index contributed by atoms with van der Waals surface area (Å²) in [5, 5.41) is -0.0619. The minimum atomic E-state index is -1.84. The average molecular weight is 217 g/mol. The summed E-state index contributed by atoms with van der Waals surface area (Å²) in [6, 6.07) is 0. The van der Waals surface area contributed by atoms with Crippen LogP contribution < -0.4 is 0 Å². The number of hydrogen-bond donors (Lipinski definition) is 0. The van der Waals surface area contributed by atoms with E-state index < -0.39 is 11.1 Å². The van der Waals surface area contributed by atoms with Crippen molar-refractivity contribution in [3.05, 3.63) is 0 Å². The number of hydrogen-bond acceptors (Lipinski definition) is 2. The first-order valence-electron chi connectivity index (χ1n) is 5.89. The van der Waals surface area contributed by atoms with Gasteiger partial charge in [0.25, 0.3) is 0 Å². The van der Waals surface area contributed by atoms with Crippen molar-refractivity contribution in [3.63, 3.8) is 0 Å². The highest BCUT2D eigenvalue weighted by atomic mass is 32.2. The molecule has 0 aromatic heterocycles. The molecule has 1 fully saturated rings. The molecule has 0 saturated heterocycles. The highest BCUT2D eigenvalue weighted by molar-refractivity contribution is 7.79. The Bertz CT molecular complexity index is 159. The molecule has 1 aliphatic carbocycles. The molecule has 1 rings (SSSR count). The topological polar surface area (TPSA) is 40.1 Å². The predicted octanol–water partition coefficient (Wildman–Crippen LogP) is 3.15. The Morgan fingerprint density at radius 3 is 1.50 bits per heavy atom. The van der Waals surface area contributed by atoms with Gasteiger partial charge in [-0.3, -0.25) is 4.21 Å². The van der Waals surface area contributed by atoms with E-state index in [0.29, 0.717) is 0 Å². The van der Waals surface area contributed by atoms with Gasteiger partial charge in [-0.15, -0.1) is 0 Å².